The van der Waals surface area contributed by atoms with Crippen molar-refractivity contribution in [1.29, 1.82) is 0 Å². The van der Waals surface area contributed by atoms with Gasteiger partial charge in [-0.2, -0.15) is 4.31 Å². The summed E-state index contributed by atoms with van der Waals surface area (Å²) in [5, 5.41) is 3.00. The van der Waals surface area contributed by atoms with Gasteiger partial charge >= 0.3 is 0 Å². The van der Waals surface area contributed by atoms with Gasteiger partial charge in [0.2, 0.25) is 15.9 Å². The number of ether oxygens (including phenoxy) is 2. The van der Waals surface area contributed by atoms with Crippen molar-refractivity contribution in [2.75, 3.05) is 19.5 Å². The zero-order chi connectivity index (χ0) is 32.8. The third-order valence-corrected chi connectivity index (χ3v) is 9.53. The molecule has 0 aliphatic rings. The Balaban J connectivity index is 1.60. The van der Waals surface area contributed by atoms with E-state index in [1.165, 1.54) is 36.7 Å². The maximum atomic E-state index is 14.6. The lowest BCUT2D eigenvalue weighted by atomic mass is 10.1. The van der Waals surface area contributed by atoms with Crippen molar-refractivity contribution in [3.63, 3.8) is 0 Å². The van der Waals surface area contributed by atoms with Crippen LogP contribution in [0.25, 0.3) is 10.8 Å². The fourth-order valence-electron chi connectivity index (χ4n) is 4.99. The zero-order valence-electron chi connectivity index (χ0n) is 24.9. The van der Waals surface area contributed by atoms with Gasteiger partial charge in [-0.1, -0.05) is 54.1 Å². The van der Waals surface area contributed by atoms with Crippen LogP contribution >= 0.6 is 11.6 Å². The molecule has 0 saturated carbocycles. The number of methoxy groups -OCH3 is 2. The quantitative estimate of drug-likeness (QED) is 0.149. The Morgan fingerprint density at radius 3 is 2.00 bits per heavy atom. The largest absolute Gasteiger partial charge is 0.497 e. The Hall–Kier alpha value is -4.58. The molecule has 0 saturated heterocycles. The molecule has 12 heteroatoms. The first-order valence-corrected chi connectivity index (χ1v) is 15.9. The summed E-state index contributed by atoms with van der Waals surface area (Å²) in [5.74, 6) is 0.699. The minimum Gasteiger partial charge on any atom is -0.497 e. The number of halogens is 3. The molecule has 1 amide bonds. The van der Waals surface area contributed by atoms with E-state index in [9.17, 15) is 22.0 Å². The van der Waals surface area contributed by atoms with E-state index < -0.39 is 28.0 Å². The zero-order valence-corrected chi connectivity index (χ0v) is 26.5. The molecule has 0 radical (unpaired) electrons. The average molecular weight is 666 g/mol. The molecule has 0 bridgehead atoms. The molecule has 0 aliphatic heterocycles. The molecule has 5 rings (SSSR count). The summed E-state index contributed by atoms with van der Waals surface area (Å²) in [7, 11) is -1.33. The number of pyridine rings is 1. The minimum absolute atomic E-state index is 0.0203. The molecule has 4 aromatic carbocycles. The summed E-state index contributed by atoms with van der Waals surface area (Å²) in [6, 6.07) is 24.6. The number of hydrogen-bond donors (Lipinski definition) is 1. The maximum Gasteiger partial charge on any atom is 0.280 e. The first kappa shape index (κ1) is 32.8. The predicted molar refractivity (Wildman–Crippen MR) is 173 cm³/mol. The fourth-order valence-corrected chi connectivity index (χ4v) is 6.84. The number of anilines is 1. The molecule has 1 N–H and O–H groups in total. The first-order valence-electron chi connectivity index (χ1n) is 14.1. The van der Waals surface area contributed by atoms with Crippen molar-refractivity contribution >= 4 is 44.0 Å². The van der Waals surface area contributed by atoms with E-state index >= 15 is 0 Å². The van der Waals surface area contributed by atoms with E-state index in [0.29, 0.717) is 33.2 Å². The van der Waals surface area contributed by atoms with Crippen LogP contribution in [0.4, 0.5) is 14.5 Å². The number of carbonyl (C=O) groups is 1. The van der Waals surface area contributed by atoms with Gasteiger partial charge in [-0.15, -0.1) is 0 Å². The van der Waals surface area contributed by atoms with Crippen LogP contribution in [0.15, 0.2) is 102 Å². The number of benzene rings is 4. The van der Waals surface area contributed by atoms with Crippen molar-refractivity contribution in [2.45, 2.75) is 30.8 Å². The van der Waals surface area contributed by atoms with Gasteiger partial charge in [0, 0.05) is 40.8 Å². The number of sulfonamides is 1. The molecule has 1 heterocycles. The molecule has 0 fully saturated rings. The Bertz CT molecular complexity index is 1910. The van der Waals surface area contributed by atoms with E-state index in [1.54, 1.807) is 72.8 Å². The second-order valence-corrected chi connectivity index (χ2v) is 12.7. The lowest BCUT2D eigenvalue weighted by molar-refractivity contribution is -0.115. The average Bonchev–Trinajstić information content (AvgIpc) is 3.05. The normalized spacial score (nSPS) is 11.6. The number of alkyl halides is 2. The molecule has 1 aromatic heterocycles. The van der Waals surface area contributed by atoms with Gasteiger partial charge in [0.15, 0.2) is 0 Å². The highest BCUT2D eigenvalue weighted by molar-refractivity contribution is 7.89. The fraction of sp³-hybridized carbons (Fsp3) is 0.176. The highest BCUT2D eigenvalue weighted by atomic mass is 35.5. The molecular formula is C34H30ClF2N3O5S. The predicted octanol–water partition coefficient (Wildman–Crippen LogP) is 7.42. The van der Waals surface area contributed by atoms with E-state index in [2.05, 4.69) is 10.3 Å². The summed E-state index contributed by atoms with van der Waals surface area (Å²) < 4.78 is 69.3. The maximum absolute atomic E-state index is 14.6. The third-order valence-electron chi connectivity index (χ3n) is 7.33. The Kier molecular flexibility index (Phi) is 10.2. The standard InChI is InChI=1S/C34H30ClF2N3O5S/c1-44-26-11-7-22(8-12-26)20-40(21-23-9-13-27(45-2)14-10-23)46(42,43)31-19-25(18-29-28(31)15-16-38-33(29)34(36)37)39-32(41)17-24-5-3-4-6-30(24)35/h3-16,18-19,34H,17,20-21H2,1-2H3,(H,39,41). The van der Waals surface area contributed by atoms with E-state index in [0.717, 1.165) is 6.20 Å². The smallest absolute Gasteiger partial charge is 0.280 e. The van der Waals surface area contributed by atoms with Crippen molar-refractivity contribution < 1.29 is 31.5 Å². The van der Waals surface area contributed by atoms with Gasteiger partial charge in [-0.3, -0.25) is 9.78 Å². The van der Waals surface area contributed by atoms with Crippen LogP contribution in [-0.4, -0.2) is 37.8 Å². The molecule has 8 nitrogen and oxygen atoms in total. The summed E-state index contributed by atoms with van der Waals surface area (Å²) in [4.78, 5) is 16.6. The van der Waals surface area contributed by atoms with E-state index in [1.807, 2.05) is 0 Å². The van der Waals surface area contributed by atoms with Crippen LogP contribution < -0.4 is 14.8 Å². The van der Waals surface area contributed by atoms with Gasteiger partial charge in [-0.25, -0.2) is 17.2 Å². The number of nitrogens with one attached hydrogen (secondary N) is 1. The van der Waals surface area contributed by atoms with Crippen LogP contribution in [0, 0.1) is 0 Å². The molecule has 0 spiro atoms. The van der Waals surface area contributed by atoms with Gasteiger partial charge in [0.05, 0.1) is 25.5 Å². The van der Waals surface area contributed by atoms with Crippen molar-refractivity contribution in [2.24, 2.45) is 0 Å². The molecule has 238 valence electrons. The number of carbonyl (C=O) groups excluding carboxylic acids is 1. The number of amides is 1. The Morgan fingerprint density at radius 1 is 0.870 bits per heavy atom. The van der Waals surface area contributed by atoms with Crippen LogP contribution in [0.1, 0.15) is 28.8 Å². The van der Waals surface area contributed by atoms with Crippen molar-refractivity contribution in [3.8, 4) is 11.5 Å². The molecule has 0 unspecified atom stereocenters. The molecule has 46 heavy (non-hydrogen) atoms. The number of nitrogens with zero attached hydrogens (tertiary/aromatic N) is 2. The lowest BCUT2D eigenvalue weighted by Crippen LogP contribution is -2.30. The summed E-state index contributed by atoms with van der Waals surface area (Å²) in [5.41, 5.74) is 1.30. The molecular weight excluding hydrogens is 636 g/mol. The SMILES string of the molecule is COc1ccc(CN(Cc2ccc(OC)cc2)S(=O)(=O)c2cc(NC(=O)Cc3ccccc3Cl)cc3c(C(F)F)nccc23)cc1. The van der Waals surface area contributed by atoms with Gasteiger partial charge < -0.3 is 14.8 Å². The second-order valence-electron chi connectivity index (χ2n) is 10.4. The highest BCUT2D eigenvalue weighted by Crippen LogP contribution is 2.35. The second kappa shape index (κ2) is 14.2. The van der Waals surface area contributed by atoms with Gasteiger partial charge in [0.25, 0.3) is 6.43 Å². The van der Waals surface area contributed by atoms with Gasteiger partial charge in [-0.05, 0) is 65.2 Å². The minimum atomic E-state index is -4.40. The number of aromatic nitrogens is 1. The summed E-state index contributed by atoms with van der Waals surface area (Å²) in [6.07, 6.45) is -1.96. The van der Waals surface area contributed by atoms with Crippen molar-refractivity contribution in [1.82, 2.24) is 9.29 Å². The van der Waals surface area contributed by atoms with Crippen LogP contribution in [-0.2, 0) is 34.3 Å². The topological polar surface area (TPSA) is 97.8 Å². The first-order chi connectivity index (χ1) is 22.1. The molecule has 0 atom stereocenters. The van der Waals surface area contributed by atoms with E-state index in [4.69, 9.17) is 21.1 Å². The Morgan fingerprint density at radius 2 is 1.46 bits per heavy atom. The van der Waals surface area contributed by atoms with Crippen LogP contribution in [0.5, 0.6) is 11.5 Å². The molecule has 5 aromatic rings. The third kappa shape index (κ3) is 7.44. The monoisotopic (exact) mass is 665 g/mol. The summed E-state index contributed by atoms with van der Waals surface area (Å²) in [6.45, 7) is -0.0918. The number of rotatable bonds is 12. The van der Waals surface area contributed by atoms with Gasteiger partial charge in [0.1, 0.15) is 17.2 Å². The van der Waals surface area contributed by atoms with E-state index in [-0.39, 0.29) is 40.9 Å². The van der Waals surface area contributed by atoms with Crippen molar-refractivity contribution in [3.05, 3.63) is 125 Å². The van der Waals surface area contributed by atoms with Crippen LogP contribution in [0.3, 0.4) is 0 Å². The number of hydrogen-bond acceptors (Lipinski definition) is 6. The lowest BCUT2D eigenvalue weighted by Gasteiger charge is -2.24. The molecule has 0 aliphatic carbocycles. The highest BCUT2D eigenvalue weighted by Gasteiger charge is 2.29. The number of fused-ring (bicyclic) bond motifs is 1. The summed E-state index contributed by atoms with van der Waals surface area (Å²) >= 11 is 6.22. The van der Waals surface area contributed by atoms with Crippen LogP contribution in [0.2, 0.25) is 5.02 Å². The Labute approximate surface area is 270 Å².